The summed E-state index contributed by atoms with van der Waals surface area (Å²) in [4.78, 5) is 65.0. The van der Waals surface area contributed by atoms with Gasteiger partial charge in [-0.25, -0.2) is 9.69 Å². The average Bonchev–Trinajstić information content (AvgIpc) is 3.28. The van der Waals surface area contributed by atoms with Crippen molar-refractivity contribution in [1.82, 2.24) is 15.5 Å². The van der Waals surface area contributed by atoms with Crippen molar-refractivity contribution in [2.75, 3.05) is 171 Å². The van der Waals surface area contributed by atoms with Crippen molar-refractivity contribution in [2.45, 2.75) is 38.6 Å². The van der Waals surface area contributed by atoms with Crippen LogP contribution in [0.4, 0.5) is 10.5 Å². The molecule has 0 aromatic heterocycles. The second-order valence-electron chi connectivity index (χ2n) is 13.7. The second kappa shape index (κ2) is 38.7. The molecule has 65 heavy (non-hydrogen) atoms. The molecular formula is C42H69IN4O18. The molecule has 0 saturated carbocycles. The summed E-state index contributed by atoms with van der Waals surface area (Å²) in [6.07, 6.45) is 0.116. The molecule has 1 aliphatic rings. The third-order valence-corrected chi connectivity index (χ3v) is 9.40. The van der Waals surface area contributed by atoms with Crippen LogP contribution in [0.3, 0.4) is 0 Å². The van der Waals surface area contributed by atoms with E-state index in [0.29, 0.717) is 130 Å². The number of rotatable bonds is 43. The maximum absolute atomic E-state index is 13.3. The summed E-state index contributed by atoms with van der Waals surface area (Å²) >= 11 is 2.09. The summed E-state index contributed by atoms with van der Waals surface area (Å²) < 4.78 is 66.1. The van der Waals surface area contributed by atoms with Crippen LogP contribution in [-0.2, 0) is 71.3 Å². The molecule has 1 saturated heterocycles. The Hall–Kier alpha value is -3.34. The molecule has 1 atom stereocenters. The first kappa shape index (κ1) is 57.8. The lowest BCUT2D eigenvalue weighted by Crippen LogP contribution is -2.57. The van der Waals surface area contributed by atoms with Crippen LogP contribution in [0, 0.1) is 3.57 Å². The second-order valence-corrected chi connectivity index (χ2v) is 15.0. The SMILES string of the molecule is CCCOCCOCCOCCOCCOCCOCCOCCOCCOCCOCCOCCC(=O)N[C@@H](CC(=O)O)C(=O)NCN1C(=O)CCN(c2cc(I)ccc2OC)C1=O. The molecule has 0 unspecified atom stereocenters. The molecule has 0 spiro atoms. The number of hydrogen-bond donors (Lipinski definition) is 3. The van der Waals surface area contributed by atoms with Crippen LogP contribution in [0.2, 0.25) is 0 Å². The van der Waals surface area contributed by atoms with E-state index in [4.69, 9.17) is 56.8 Å². The number of methoxy groups -OCH3 is 1. The molecule has 3 N–H and O–H groups in total. The molecular weight excluding hydrogens is 975 g/mol. The van der Waals surface area contributed by atoms with E-state index in [9.17, 15) is 29.1 Å². The Labute approximate surface area is 394 Å². The number of aliphatic carboxylic acids is 1. The average molecular weight is 1040 g/mol. The summed E-state index contributed by atoms with van der Waals surface area (Å²) in [6, 6.07) is 3.09. The number of ether oxygens (including phenoxy) is 12. The third-order valence-electron chi connectivity index (χ3n) is 8.73. The number of anilines is 1. The highest BCUT2D eigenvalue weighted by atomic mass is 127. The number of hydrogen-bond acceptors (Lipinski definition) is 17. The predicted molar refractivity (Wildman–Crippen MR) is 241 cm³/mol. The first-order chi connectivity index (χ1) is 31.7. The third kappa shape index (κ3) is 28.4. The van der Waals surface area contributed by atoms with E-state index in [-0.39, 0.29) is 39.2 Å². The lowest BCUT2D eigenvalue weighted by atomic mass is 10.2. The number of carboxylic acids is 1. The largest absolute Gasteiger partial charge is 0.495 e. The van der Waals surface area contributed by atoms with Gasteiger partial charge in [0.2, 0.25) is 17.7 Å². The quantitative estimate of drug-likeness (QED) is 0.0619. The van der Waals surface area contributed by atoms with E-state index < -0.39 is 48.9 Å². The van der Waals surface area contributed by atoms with Crippen LogP contribution in [0.15, 0.2) is 18.2 Å². The molecule has 1 aliphatic heterocycles. The lowest BCUT2D eigenvalue weighted by Gasteiger charge is -2.35. The number of nitrogens with one attached hydrogen (secondary N) is 2. The molecule has 1 heterocycles. The van der Waals surface area contributed by atoms with Gasteiger partial charge in [0.05, 0.1) is 158 Å². The number of carbonyl (C=O) groups is 5. The van der Waals surface area contributed by atoms with Crippen LogP contribution in [0.25, 0.3) is 0 Å². The first-order valence-corrected chi connectivity index (χ1v) is 22.8. The summed E-state index contributed by atoms with van der Waals surface area (Å²) in [7, 11) is 1.46. The van der Waals surface area contributed by atoms with E-state index in [2.05, 4.69) is 40.1 Å². The Balaban J connectivity index is 1.38. The highest BCUT2D eigenvalue weighted by molar-refractivity contribution is 14.1. The van der Waals surface area contributed by atoms with Crippen molar-refractivity contribution in [3.63, 3.8) is 0 Å². The predicted octanol–water partition coefficient (Wildman–Crippen LogP) is 1.47. The molecule has 23 heteroatoms. The van der Waals surface area contributed by atoms with E-state index in [1.54, 1.807) is 18.2 Å². The van der Waals surface area contributed by atoms with Crippen LogP contribution >= 0.6 is 22.6 Å². The highest BCUT2D eigenvalue weighted by Crippen LogP contribution is 2.32. The topological polar surface area (TPSA) is 247 Å². The number of carboxylic acid groups (broad SMARTS) is 1. The normalized spacial score (nSPS) is 13.3. The van der Waals surface area contributed by atoms with E-state index in [1.165, 1.54) is 12.0 Å². The van der Waals surface area contributed by atoms with Gasteiger partial charge in [-0.3, -0.25) is 24.1 Å². The molecule has 2 rings (SSSR count). The van der Waals surface area contributed by atoms with E-state index in [1.807, 2.05) is 0 Å². The minimum absolute atomic E-state index is 0.00687. The molecule has 1 fully saturated rings. The standard InChI is InChI=1S/C42H69IN4O18/c1-3-9-55-11-13-57-15-17-59-19-21-61-23-25-63-27-29-65-30-28-64-26-24-62-22-20-60-18-16-58-14-12-56-10-7-38(48)45-35(32-40(50)51)41(52)44-33-47-39(49)6-8-46(42(47)53)36-31-34(43)4-5-37(36)54-2/h4-5,31,35H,3,6-30,32-33H2,1-2H3,(H,44,52)(H,45,48)(H,50,51)/t35-/m0/s1. The van der Waals surface area contributed by atoms with Gasteiger partial charge in [0.15, 0.2) is 0 Å². The van der Waals surface area contributed by atoms with Crippen LogP contribution < -0.4 is 20.3 Å². The molecule has 1 aromatic carbocycles. The zero-order valence-electron chi connectivity index (χ0n) is 37.8. The zero-order chi connectivity index (χ0) is 47.2. The van der Waals surface area contributed by atoms with Crippen molar-refractivity contribution in [2.24, 2.45) is 0 Å². The minimum atomic E-state index is -1.46. The molecule has 0 aliphatic carbocycles. The minimum Gasteiger partial charge on any atom is -0.495 e. The molecule has 0 bridgehead atoms. The number of benzene rings is 1. The van der Waals surface area contributed by atoms with Crippen molar-refractivity contribution in [3.05, 3.63) is 21.8 Å². The molecule has 1 aromatic rings. The van der Waals surface area contributed by atoms with E-state index in [0.717, 1.165) is 21.5 Å². The van der Waals surface area contributed by atoms with Crippen LogP contribution in [0.1, 0.15) is 32.6 Å². The number of halogens is 1. The number of imide groups is 1. The summed E-state index contributed by atoms with van der Waals surface area (Å²) in [5.74, 6) is -2.93. The number of amides is 5. The van der Waals surface area contributed by atoms with E-state index >= 15 is 0 Å². The maximum atomic E-state index is 13.3. The highest BCUT2D eigenvalue weighted by Gasteiger charge is 2.35. The van der Waals surface area contributed by atoms with Gasteiger partial charge in [-0.2, -0.15) is 0 Å². The van der Waals surface area contributed by atoms with Crippen LogP contribution in [0.5, 0.6) is 5.75 Å². The smallest absolute Gasteiger partial charge is 0.332 e. The van der Waals surface area contributed by atoms with Gasteiger partial charge in [0.25, 0.3) is 0 Å². The summed E-state index contributed by atoms with van der Waals surface area (Å²) in [6.45, 7) is 11.2. The summed E-state index contributed by atoms with van der Waals surface area (Å²) in [5, 5.41) is 14.1. The Morgan fingerprint density at radius 3 is 1.48 bits per heavy atom. The summed E-state index contributed by atoms with van der Waals surface area (Å²) in [5.41, 5.74) is 0.458. The monoisotopic (exact) mass is 1040 g/mol. The Kier molecular flexibility index (Phi) is 34.4. The van der Waals surface area contributed by atoms with Gasteiger partial charge >= 0.3 is 12.0 Å². The maximum Gasteiger partial charge on any atom is 0.332 e. The van der Waals surface area contributed by atoms with Gasteiger partial charge in [0.1, 0.15) is 18.5 Å². The molecule has 372 valence electrons. The number of urea groups is 1. The van der Waals surface area contributed by atoms with Crippen molar-refractivity contribution in [1.29, 1.82) is 0 Å². The Morgan fingerprint density at radius 1 is 0.662 bits per heavy atom. The number of nitrogens with zero attached hydrogens (tertiary/aromatic N) is 2. The van der Waals surface area contributed by atoms with Gasteiger partial charge in [-0.15, -0.1) is 0 Å². The van der Waals surface area contributed by atoms with Gasteiger partial charge in [0, 0.05) is 29.6 Å². The molecule has 0 radical (unpaired) electrons. The number of carbonyl (C=O) groups excluding carboxylic acids is 4. The lowest BCUT2D eigenvalue weighted by molar-refractivity contribution is -0.141. The fourth-order valence-corrected chi connectivity index (χ4v) is 5.96. The zero-order valence-corrected chi connectivity index (χ0v) is 39.9. The molecule has 22 nitrogen and oxygen atoms in total. The fourth-order valence-electron chi connectivity index (χ4n) is 5.48. The van der Waals surface area contributed by atoms with Gasteiger partial charge < -0.3 is 72.6 Å². The van der Waals surface area contributed by atoms with Crippen molar-refractivity contribution < 1.29 is 85.9 Å². The van der Waals surface area contributed by atoms with Gasteiger partial charge in [-0.05, 0) is 47.2 Å². The molecule has 5 amide bonds. The Morgan fingerprint density at radius 2 is 1.08 bits per heavy atom. The fraction of sp³-hybridized carbons (Fsp3) is 0.738. The van der Waals surface area contributed by atoms with Crippen LogP contribution in [-0.4, -0.2) is 211 Å². The Bertz CT molecular complexity index is 1470. The van der Waals surface area contributed by atoms with Crippen molar-refractivity contribution >= 4 is 58.0 Å². The van der Waals surface area contributed by atoms with Crippen molar-refractivity contribution in [3.8, 4) is 5.75 Å². The first-order valence-electron chi connectivity index (χ1n) is 21.8. The van der Waals surface area contributed by atoms with Gasteiger partial charge in [-0.1, -0.05) is 6.92 Å².